The fourth-order valence-electron chi connectivity index (χ4n) is 2.77. The molecule has 0 aliphatic rings. The first-order valence-corrected chi connectivity index (χ1v) is 10.8. The lowest BCUT2D eigenvalue weighted by molar-refractivity contribution is 0.0956. The summed E-state index contributed by atoms with van der Waals surface area (Å²) in [5.41, 5.74) is 1.05. The summed E-state index contributed by atoms with van der Waals surface area (Å²) in [7, 11) is 0. The maximum atomic E-state index is 10.8. The predicted octanol–water partition coefficient (Wildman–Crippen LogP) is 5.35. The zero-order valence-corrected chi connectivity index (χ0v) is 19.1. The molecular weight excluding hydrogens is 451 g/mol. The van der Waals surface area contributed by atoms with E-state index >= 15 is 0 Å². The molecule has 0 saturated heterocycles. The van der Waals surface area contributed by atoms with Gasteiger partial charge in [0.2, 0.25) is 0 Å². The minimum Gasteiger partial charge on any atom is -0.491 e. The average Bonchev–Trinajstić information content (AvgIpc) is 2.75. The summed E-state index contributed by atoms with van der Waals surface area (Å²) >= 11 is 16.5. The van der Waals surface area contributed by atoms with Crippen LogP contribution in [-0.4, -0.2) is 47.7 Å². The molecule has 2 unspecified atom stereocenters. The van der Waals surface area contributed by atoms with Crippen molar-refractivity contribution in [3.63, 3.8) is 0 Å². The summed E-state index contributed by atoms with van der Waals surface area (Å²) in [5.74, 6) is 1.54. The van der Waals surface area contributed by atoms with Crippen molar-refractivity contribution >= 4 is 40.2 Å². The number of rotatable bonds is 11. The molecule has 8 heteroatoms. The third-order valence-electron chi connectivity index (χ3n) is 4.64. The van der Waals surface area contributed by atoms with Crippen LogP contribution in [0.4, 0.5) is 4.79 Å². The Morgan fingerprint density at radius 2 is 1.37 bits per heavy atom. The van der Waals surface area contributed by atoms with E-state index in [0.29, 0.717) is 11.5 Å². The number of benzene rings is 2. The number of hydrogen-bond acceptors (Lipinski definition) is 5. The van der Waals surface area contributed by atoms with Crippen molar-refractivity contribution in [1.82, 2.24) is 0 Å². The van der Waals surface area contributed by atoms with Gasteiger partial charge in [0.1, 0.15) is 30.8 Å². The molecule has 2 aromatic carbocycles. The molecular formula is C22H25Cl3O5. The van der Waals surface area contributed by atoms with Crippen molar-refractivity contribution in [3.05, 3.63) is 59.7 Å². The average molecular weight is 476 g/mol. The highest BCUT2D eigenvalue weighted by molar-refractivity contribution is 6.61. The molecule has 0 aliphatic carbocycles. The summed E-state index contributed by atoms with van der Waals surface area (Å²) in [6.45, 7) is 4.52. The fraction of sp³-hybridized carbons (Fsp3) is 0.409. The van der Waals surface area contributed by atoms with Crippen LogP contribution in [0, 0.1) is 0 Å². The van der Waals surface area contributed by atoms with Crippen LogP contribution in [-0.2, 0) is 10.2 Å². The number of carbonyl (C=O) groups excluding carboxylic acids is 1. The van der Waals surface area contributed by atoms with Crippen LogP contribution >= 0.6 is 34.8 Å². The van der Waals surface area contributed by atoms with Crippen LogP contribution in [0.15, 0.2) is 48.5 Å². The first-order chi connectivity index (χ1) is 14.3. The van der Waals surface area contributed by atoms with Crippen molar-refractivity contribution in [2.75, 3.05) is 25.0 Å². The molecule has 0 spiro atoms. The molecule has 1 N–H and O–H groups in total. The van der Waals surface area contributed by atoms with E-state index in [1.807, 2.05) is 48.5 Å². The summed E-state index contributed by atoms with van der Waals surface area (Å²) in [6, 6.07) is 15.4. The van der Waals surface area contributed by atoms with E-state index in [-0.39, 0.29) is 30.4 Å². The van der Waals surface area contributed by atoms with Crippen molar-refractivity contribution < 1.29 is 24.1 Å². The molecule has 0 bridgehead atoms. The van der Waals surface area contributed by atoms with Crippen molar-refractivity contribution in [3.8, 4) is 11.5 Å². The minimum absolute atomic E-state index is 0.0914. The molecule has 0 fully saturated rings. The molecule has 5 nitrogen and oxygen atoms in total. The van der Waals surface area contributed by atoms with Gasteiger partial charge in [0.05, 0.1) is 11.8 Å². The quantitative estimate of drug-likeness (QED) is 0.350. The van der Waals surface area contributed by atoms with Crippen molar-refractivity contribution in [2.24, 2.45) is 0 Å². The molecule has 30 heavy (non-hydrogen) atoms. The lowest BCUT2D eigenvalue weighted by Crippen LogP contribution is -2.24. The summed E-state index contributed by atoms with van der Waals surface area (Å²) in [6.07, 6.45) is -1.30. The zero-order chi connectivity index (χ0) is 22.1. The van der Waals surface area contributed by atoms with Crippen LogP contribution in [0.25, 0.3) is 0 Å². The Hall–Kier alpha value is -1.66. The van der Waals surface area contributed by atoms with Gasteiger partial charge in [-0.25, -0.2) is 4.79 Å². The molecule has 2 aromatic rings. The van der Waals surface area contributed by atoms with Gasteiger partial charge >= 0.3 is 5.43 Å². The number of ether oxygens (including phenoxy) is 3. The first-order valence-electron chi connectivity index (χ1n) is 9.39. The molecule has 2 rings (SSSR count). The van der Waals surface area contributed by atoms with Gasteiger partial charge in [-0.3, -0.25) is 0 Å². The number of aliphatic hydroxyl groups is 1. The summed E-state index contributed by atoms with van der Waals surface area (Å²) in [4.78, 5) is 10.8. The second kappa shape index (κ2) is 11.7. The lowest BCUT2D eigenvalue weighted by atomic mass is 9.78. The predicted molar refractivity (Wildman–Crippen MR) is 120 cm³/mol. The van der Waals surface area contributed by atoms with Gasteiger partial charge in [-0.15, -0.1) is 23.2 Å². The van der Waals surface area contributed by atoms with Gasteiger partial charge in [0, 0.05) is 17.0 Å². The van der Waals surface area contributed by atoms with E-state index < -0.39 is 17.6 Å². The number of carbonyl (C=O) groups is 1. The summed E-state index contributed by atoms with van der Waals surface area (Å²) in [5, 5.41) is 9.49. The minimum atomic E-state index is -0.909. The Labute approximate surface area is 191 Å². The van der Waals surface area contributed by atoms with E-state index in [9.17, 15) is 9.90 Å². The van der Waals surface area contributed by atoms with Gasteiger partial charge < -0.3 is 19.3 Å². The van der Waals surface area contributed by atoms with Crippen LogP contribution in [0.2, 0.25) is 0 Å². The number of halogens is 3. The van der Waals surface area contributed by atoms with Gasteiger partial charge in [-0.1, -0.05) is 38.1 Å². The van der Waals surface area contributed by atoms with E-state index in [1.54, 1.807) is 0 Å². The highest BCUT2D eigenvalue weighted by Crippen LogP contribution is 2.33. The molecule has 0 saturated carbocycles. The number of aliphatic hydroxyl groups excluding tert-OH is 1. The van der Waals surface area contributed by atoms with Crippen molar-refractivity contribution in [1.29, 1.82) is 0 Å². The Morgan fingerprint density at radius 3 is 1.77 bits per heavy atom. The second-order valence-electron chi connectivity index (χ2n) is 7.24. The lowest BCUT2D eigenvalue weighted by Gasteiger charge is -2.26. The molecule has 0 radical (unpaired) electrons. The molecule has 0 amide bonds. The normalized spacial score (nSPS) is 13.4. The SMILES string of the molecule is CC(C)(c1ccc(OCC(O)CCl)cc1)c1ccc(OCC(CCl)OC(=O)Cl)cc1. The van der Waals surface area contributed by atoms with Crippen LogP contribution in [0.5, 0.6) is 11.5 Å². The first kappa shape index (κ1) is 24.6. The Balaban J connectivity index is 2.01. The molecule has 0 aliphatic heterocycles. The largest absolute Gasteiger partial charge is 0.491 e. The fourth-order valence-corrected chi connectivity index (χ4v) is 3.14. The number of alkyl halides is 2. The number of hydrogen-bond donors (Lipinski definition) is 1. The Morgan fingerprint density at radius 1 is 0.900 bits per heavy atom. The standard InChI is InChI=1S/C22H25Cl3O5/c1-22(2,15-3-7-18(8-4-15)28-13-17(26)11-23)16-5-9-19(10-6-16)29-14-20(12-24)30-21(25)27/h3-10,17,20,26H,11-14H2,1-2H3. The van der Waals surface area contributed by atoms with Gasteiger partial charge in [-0.2, -0.15) is 0 Å². The topological polar surface area (TPSA) is 65.0 Å². The van der Waals surface area contributed by atoms with E-state index in [4.69, 9.17) is 49.0 Å². The summed E-state index contributed by atoms with van der Waals surface area (Å²) < 4.78 is 16.0. The van der Waals surface area contributed by atoms with Crippen LogP contribution in [0.3, 0.4) is 0 Å². The highest BCUT2D eigenvalue weighted by atomic mass is 35.5. The smallest absolute Gasteiger partial charge is 0.404 e. The van der Waals surface area contributed by atoms with Crippen LogP contribution < -0.4 is 9.47 Å². The zero-order valence-electron chi connectivity index (χ0n) is 16.8. The van der Waals surface area contributed by atoms with E-state index in [0.717, 1.165) is 11.1 Å². The molecule has 0 heterocycles. The van der Waals surface area contributed by atoms with E-state index in [2.05, 4.69) is 13.8 Å². The van der Waals surface area contributed by atoms with Crippen LogP contribution in [0.1, 0.15) is 25.0 Å². The third kappa shape index (κ3) is 7.24. The second-order valence-corrected chi connectivity index (χ2v) is 8.16. The molecule has 0 aromatic heterocycles. The van der Waals surface area contributed by atoms with E-state index in [1.165, 1.54) is 0 Å². The Kier molecular flexibility index (Phi) is 9.56. The van der Waals surface area contributed by atoms with Gasteiger partial charge in [0.25, 0.3) is 0 Å². The third-order valence-corrected chi connectivity index (χ3v) is 5.43. The van der Waals surface area contributed by atoms with Crippen molar-refractivity contribution in [2.45, 2.75) is 31.5 Å². The maximum Gasteiger partial charge on any atom is 0.404 e. The molecule has 2 atom stereocenters. The highest BCUT2D eigenvalue weighted by Gasteiger charge is 2.23. The van der Waals surface area contributed by atoms with Gasteiger partial charge in [0.15, 0.2) is 6.10 Å². The molecule has 164 valence electrons. The monoisotopic (exact) mass is 474 g/mol. The maximum absolute atomic E-state index is 10.8. The Bertz CT molecular complexity index is 793. The van der Waals surface area contributed by atoms with Gasteiger partial charge in [-0.05, 0) is 35.4 Å².